The van der Waals surface area contributed by atoms with Crippen molar-refractivity contribution < 1.29 is 79.5 Å². The molecule has 4 rings (SSSR count). The van der Waals surface area contributed by atoms with Crippen molar-refractivity contribution in [3.8, 4) is 11.8 Å². The molecule has 0 spiro atoms. The Balaban J connectivity index is 1.68. The zero-order valence-corrected chi connectivity index (χ0v) is 42.6. The van der Waals surface area contributed by atoms with Gasteiger partial charge in [-0.1, -0.05) is 77.8 Å². The van der Waals surface area contributed by atoms with Gasteiger partial charge in [-0.3, -0.25) is 33.6 Å². The first-order valence-electron chi connectivity index (χ1n) is 25.7. The molecule has 1 aromatic rings. The molecule has 0 aliphatic carbocycles. The van der Waals surface area contributed by atoms with Crippen molar-refractivity contribution in [2.24, 2.45) is 11.8 Å². The number of rotatable bonds is 19. The summed E-state index contributed by atoms with van der Waals surface area (Å²) in [5.41, 5.74) is -0.0965. The van der Waals surface area contributed by atoms with Crippen molar-refractivity contribution in [3.63, 3.8) is 0 Å². The first kappa shape index (κ1) is 61.0. The number of aliphatic hydroxyl groups is 8. The lowest BCUT2D eigenvalue weighted by atomic mass is 9.91. The molecular weight excluding hydrogens is 969 g/mol. The van der Waals surface area contributed by atoms with E-state index in [1.165, 1.54) is 18.6 Å². The highest BCUT2D eigenvalue weighted by atomic mass is 16.3. The van der Waals surface area contributed by atoms with E-state index in [1.807, 2.05) is 0 Å². The molecule has 24 heteroatoms. The lowest BCUT2D eigenvalue weighted by Crippen LogP contribution is -2.64. The molecule has 1 aromatic carbocycles. The number of benzene rings is 1. The van der Waals surface area contributed by atoms with E-state index in [0.29, 0.717) is 29.6 Å². The number of phenolic OH excluding ortho intramolecular Hbond substituents is 1. The molecule has 74 heavy (non-hydrogen) atoms. The van der Waals surface area contributed by atoms with Crippen molar-refractivity contribution in [2.45, 2.75) is 203 Å². The van der Waals surface area contributed by atoms with E-state index >= 15 is 0 Å². The summed E-state index contributed by atoms with van der Waals surface area (Å²) in [6.45, 7) is 6.83. The van der Waals surface area contributed by atoms with Crippen LogP contribution in [0.3, 0.4) is 0 Å². The maximum Gasteiger partial charge on any atom is 0.248 e. The fourth-order valence-corrected chi connectivity index (χ4v) is 9.68. The maximum absolute atomic E-state index is 14.3. The number of hydrogen-bond acceptors (Lipinski definition) is 17. The molecule has 3 unspecified atom stereocenters. The van der Waals surface area contributed by atoms with Crippen molar-refractivity contribution >= 4 is 41.4 Å². The van der Waals surface area contributed by atoms with Crippen LogP contribution in [-0.4, -0.2) is 189 Å². The van der Waals surface area contributed by atoms with Gasteiger partial charge in [-0.05, 0) is 55.7 Å². The van der Waals surface area contributed by atoms with Crippen LogP contribution in [0.15, 0.2) is 24.3 Å². The summed E-state index contributed by atoms with van der Waals surface area (Å²) in [7, 11) is 0. The number of amides is 7. The van der Waals surface area contributed by atoms with E-state index in [0.717, 1.165) is 62.5 Å². The van der Waals surface area contributed by atoms with Crippen molar-refractivity contribution in [1.82, 2.24) is 36.4 Å². The van der Waals surface area contributed by atoms with Gasteiger partial charge in [-0.25, -0.2) is 0 Å². The topological polar surface area (TPSA) is 392 Å². The van der Waals surface area contributed by atoms with Gasteiger partial charge in [0.2, 0.25) is 41.4 Å². The van der Waals surface area contributed by atoms with Crippen LogP contribution in [0.5, 0.6) is 5.75 Å². The smallest absolute Gasteiger partial charge is 0.248 e. The van der Waals surface area contributed by atoms with Crippen LogP contribution in [-0.2, 0) is 33.6 Å². The van der Waals surface area contributed by atoms with E-state index in [4.69, 9.17) is 0 Å². The largest absolute Gasteiger partial charge is 0.508 e. The standard InChI is InChI=1S/C50H78N8O16/c1-5-26(2)22-27(3)12-10-8-6-7-9-11-13-37(65)52-32-24-36(64)46(70)56-48(72)41-35(63)19-21-57(41)50(74)39(34(62)18-20-51)54-47(71)40(43(67)42(66)29-14-16-30(60)17-15-29)55-45(69)33-23-31(61)25-58(33)49(73)38(28(4)59)53-44(32)68/h14-17,26-28,31-36,38-43,46,59-64,66-67,70H,5-13,18-19,21-25H2,1-4H3,(H,52,65)(H,53,68)(H,54,71)(H,55,69)(H,56,72)/t26?,27?,28-,31-,32?,33+,34-,35+,36-,38+,39+,40+,41+,42+,43+,46-/m1/s1. The Bertz CT molecular complexity index is 2090. The first-order chi connectivity index (χ1) is 35.0. The molecule has 0 saturated carbocycles. The average Bonchev–Trinajstić information content (AvgIpc) is 3.95. The highest BCUT2D eigenvalue weighted by Gasteiger charge is 2.49. The quantitative estimate of drug-likeness (QED) is 0.0648. The van der Waals surface area contributed by atoms with Crippen molar-refractivity contribution in [2.75, 3.05) is 13.1 Å². The van der Waals surface area contributed by atoms with E-state index in [2.05, 4.69) is 47.4 Å². The van der Waals surface area contributed by atoms with E-state index in [1.54, 1.807) is 6.07 Å². The number of fused-ring (bicyclic) bond motifs is 2. The zero-order valence-electron chi connectivity index (χ0n) is 42.6. The summed E-state index contributed by atoms with van der Waals surface area (Å²) in [4.78, 5) is 100. The number of unbranched alkanes of at least 4 members (excludes halogenated alkanes) is 5. The molecule has 0 radical (unpaired) electrons. The predicted molar refractivity (Wildman–Crippen MR) is 262 cm³/mol. The van der Waals surface area contributed by atoms with Gasteiger partial charge in [-0.15, -0.1) is 0 Å². The second-order valence-corrected chi connectivity index (χ2v) is 20.3. The molecule has 3 saturated heterocycles. The van der Waals surface area contributed by atoms with Gasteiger partial charge in [0, 0.05) is 32.4 Å². The monoisotopic (exact) mass is 1050 g/mol. The minimum atomic E-state index is -2.33. The van der Waals surface area contributed by atoms with Gasteiger partial charge in [0.05, 0.1) is 36.9 Å². The van der Waals surface area contributed by atoms with Gasteiger partial charge in [0.25, 0.3) is 0 Å². The first-order valence-corrected chi connectivity index (χ1v) is 25.7. The predicted octanol–water partition coefficient (Wildman–Crippen LogP) is -2.30. The molecular formula is C50H78N8O16. The number of aromatic hydroxyl groups is 1. The highest BCUT2D eigenvalue weighted by Crippen LogP contribution is 2.27. The molecule has 414 valence electrons. The summed E-state index contributed by atoms with van der Waals surface area (Å²) in [6, 6.07) is -5.46. The Morgan fingerprint density at radius 2 is 1.35 bits per heavy atom. The molecule has 3 aliphatic rings. The van der Waals surface area contributed by atoms with Crippen LogP contribution in [0.1, 0.15) is 129 Å². The number of nitrogens with one attached hydrogen (secondary N) is 5. The summed E-state index contributed by atoms with van der Waals surface area (Å²) in [6.07, 6.45) is -9.56. The Labute approximate surface area is 430 Å². The van der Waals surface area contributed by atoms with Gasteiger partial charge in [0.15, 0.2) is 6.23 Å². The third-order valence-corrected chi connectivity index (χ3v) is 14.2. The minimum Gasteiger partial charge on any atom is -0.508 e. The number of nitrogens with zero attached hydrogens (tertiary/aromatic N) is 3. The number of aliphatic hydroxyl groups excluding tert-OH is 8. The molecule has 14 N–H and O–H groups in total. The number of nitriles is 1. The summed E-state index contributed by atoms with van der Waals surface area (Å²) in [5, 5.41) is 120. The summed E-state index contributed by atoms with van der Waals surface area (Å²) in [5.74, 6) is -7.19. The summed E-state index contributed by atoms with van der Waals surface area (Å²) >= 11 is 0. The van der Waals surface area contributed by atoms with Gasteiger partial charge in [-0.2, -0.15) is 5.26 Å². The average molecular weight is 1050 g/mol. The lowest BCUT2D eigenvalue weighted by Gasteiger charge is -2.34. The molecule has 16 atom stereocenters. The Morgan fingerprint density at radius 1 is 0.743 bits per heavy atom. The zero-order chi connectivity index (χ0) is 55.0. The van der Waals surface area contributed by atoms with Gasteiger partial charge < -0.3 is 82.3 Å². The van der Waals surface area contributed by atoms with Gasteiger partial charge >= 0.3 is 0 Å². The Morgan fingerprint density at radius 3 is 1.99 bits per heavy atom. The number of carbonyl (C=O) groups is 7. The normalized spacial score (nSPS) is 29.2. The minimum absolute atomic E-state index is 0.0706. The van der Waals surface area contributed by atoms with Crippen LogP contribution in [0.25, 0.3) is 0 Å². The van der Waals surface area contributed by atoms with E-state index in [-0.39, 0.29) is 24.2 Å². The van der Waals surface area contributed by atoms with Crippen LogP contribution >= 0.6 is 0 Å². The molecule has 3 aliphatic heterocycles. The van der Waals surface area contributed by atoms with Crippen LogP contribution in [0.4, 0.5) is 0 Å². The molecule has 0 bridgehead atoms. The number of carbonyl (C=O) groups excluding carboxylic acids is 7. The molecule has 3 fully saturated rings. The third-order valence-electron chi connectivity index (χ3n) is 14.2. The van der Waals surface area contributed by atoms with Crippen molar-refractivity contribution in [3.05, 3.63) is 29.8 Å². The molecule has 24 nitrogen and oxygen atoms in total. The highest BCUT2D eigenvalue weighted by molar-refractivity contribution is 5.98. The number of hydrogen-bond donors (Lipinski definition) is 14. The van der Waals surface area contributed by atoms with Crippen molar-refractivity contribution in [1.29, 1.82) is 5.26 Å². The lowest BCUT2D eigenvalue weighted by molar-refractivity contribution is -0.148. The molecule has 7 amide bonds. The van der Waals surface area contributed by atoms with Gasteiger partial charge in [0.1, 0.15) is 60.3 Å². The van der Waals surface area contributed by atoms with Crippen LogP contribution in [0, 0.1) is 23.2 Å². The fourth-order valence-electron chi connectivity index (χ4n) is 9.68. The van der Waals surface area contributed by atoms with E-state index < -0.39 is 159 Å². The summed E-state index contributed by atoms with van der Waals surface area (Å²) < 4.78 is 0. The second-order valence-electron chi connectivity index (χ2n) is 20.3. The molecule has 0 aromatic heterocycles. The fraction of sp³-hybridized carbons (Fsp3) is 0.720. The maximum atomic E-state index is 14.3. The Hall–Kier alpha value is -5.52. The van der Waals surface area contributed by atoms with Crippen LogP contribution in [0.2, 0.25) is 0 Å². The second kappa shape index (κ2) is 29.0. The molecule has 3 heterocycles. The van der Waals surface area contributed by atoms with E-state index in [9.17, 15) is 84.8 Å². The SMILES string of the molecule is CCC(C)CC(C)CCCCCCCCC(=O)NC1C[C@@H](O)[C@@H](O)NC(=O)[C@@H]2[C@@H](O)CCN2C(=O)[C@H]([C@H](O)CC#N)NC(=O)[C@H]([C@H](O)[C@@H](O)c2ccc(O)cc2)NC(=O)[C@@H]2C[C@@H](O)CN2C(=O)[C@H]([C@@H](C)O)NC1=O. The van der Waals surface area contributed by atoms with Crippen LogP contribution < -0.4 is 26.6 Å². The number of phenols is 1. The third kappa shape index (κ3) is 17.0. The Kier molecular flexibility index (Phi) is 23.9.